The van der Waals surface area contributed by atoms with Crippen LogP contribution in [0, 0.1) is 5.41 Å². The first-order valence-corrected chi connectivity index (χ1v) is 7.48. The fourth-order valence-electron chi connectivity index (χ4n) is 2.56. The molecule has 0 bridgehead atoms. The molecule has 0 radical (unpaired) electrons. The van der Waals surface area contributed by atoms with Gasteiger partial charge in [-0.1, -0.05) is 27.2 Å². The van der Waals surface area contributed by atoms with Crippen molar-refractivity contribution in [3.8, 4) is 0 Å². The predicted molar refractivity (Wildman–Crippen MR) is 78.4 cm³/mol. The fourth-order valence-corrected chi connectivity index (χ4v) is 2.56. The van der Waals surface area contributed by atoms with E-state index in [1.54, 1.807) is 0 Å². The summed E-state index contributed by atoms with van der Waals surface area (Å²) in [6.07, 6.45) is 4.66. The molecule has 4 heteroatoms. The summed E-state index contributed by atoms with van der Waals surface area (Å²) in [6, 6.07) is 0.437. The van der Waals surface area contributed by atoms with Crippen molar-refractivity contribution in [2.75, 3.05) is 33.2 Å². The SMILES string of the molecule is CCC(C)(C)CCN1CCC(N(C)CC(=O)O)CC1. The normalized spacial score (nSPS) is 19.0. The molecule has 1 saturated heterocycles. The van der Waals surface area contributed by atoms with Gasteiger partial charge in [0.15, 0.2) is 0 Å². The van der Waals surface area contributed by atoms with Crippen molar-refractivity contribution in [1.29, 1.82) is 0 Å². The summed E-state index contributed by atoms with van der Waals surface area (Å²) in [5.74, 6) is -0.727. The van der Waals surface area contributed by atoms with E-state index in [1.807, 2.05) is 11.9 Å². The first-order chi connectivity index (χ1) is 8.84. The van der Waals surface area contributed by atoms with Crippen LogP contribution in [0.15, 0.2) is 0 Å². The zero-order valence-corrected chi connectivity index (χ0v) is 13.0. The maximum absolute atomic E-state index is 10.7. The Balaban J connectivity index is 2.27. The third kappa shape index (κ3) is 5.91. The number of carboxylic acid groups (broad SMARTS) is 1. The highest BCUT2D eigenvalue weighted by Gasteiger charge is 2.24. The van der Waals surface area contributed by atoms with Crippen LogP contribution in [0.4, 0.5) is 0 Å². The summed E-state index contributed by atoms with van der Waals surface area (Å²) >= 11 is 0. The van der Waals surface area contributed by atoms with E-state index in [9.17, 15) is 4.79 Å². The summed E-state index contributed by atoms with van der Waals surface area (Å²) in [5.41, 5.74) is 0.441. The highest BCUT2D eigenvalue weighted by atomic mass is 16.4. The Morgan fingerprint density at radius 2 is 1.95 bits per heavy atom. The van der Waals surface area contributed by atoms with Gasteiger partial charge < -0.3 is 10.0 Å². The number of piperidine rings is 1. The molecular formula is C15H30N2O2. The molecule has 0 spiro atoms. The number of likely N-dealkylation sites (tertiary alicyclic amines) is 1. The number of nitrogens with zero attached hydrogens (tertiary/aromatic N) is 2. The first-order valence-electron chi connectivity index (χ1n) is 7.48. The molecule has 1 aliphatic heterocycles. The Bertz CT molecular complexity index is 284. The Morgan fingerprint density at radius 1 is 1.37 bits per heavy atom. The lowest BCUT2D eigenvalue weighted by Gasteiger charge is -2.37. The van der Waals surface area contributed by atoms with Crippen LogP contribution in [0.3, 0.4) is 0 Å². The highest BCUT2D eigenvalue weighted by molar-refractivity contribution is 5.69. The molecule has 19 heavy (non-hydrogen) atoms. The lowest BCUT2D eigenvalue weighted by molar-refractivity contribution is -0.138. The van der Waals surface area contributed by atoms with Crippen molar-refractivity contribution in [2.45, 2.75) is 52.5 Å². The van der Waals surface area contributed by atoms with Crippen LogP contribution in [0.25, 0.3) is 0 Å². The van der Waals surface area contributed by atoms with E-state index in [1.165, 1.54) is 19.4 Å². The van der Waals surface area contributed by atoms with Crippen LogP contribution in [0.2, 0.25) is 0 Å². The van der Waals surface area contributed by atoms with Crippen LogP contribution in [0.5, 0.6) is 0 Å². The van der Waals surface area contributed by atoms with E-state index in [2.05, 4.69) is 25.7 Å². The van der Waals surface area contributed by atoms with Crippen molar-refractivity contribution < 1.29 is 9.90 Å². The molecule has 0 saturated carbocycles. The smallest absolute Gasteiger partial charge is 0.317 e. The fraction of sp³-hybridized carbons (Fsp3) is 0.933. The quantitative estimate of drug-likeness (QED) is 0.771. The molecule has 1 fully saturated rings. The highest BCUT2D eigenvalue weighted by Crippen LogP contribution is 2.25. The summed E-state index contributed by atoms with van der Waals surface area (Å²) in [4.78, 5) is 15.2. The Morgan fingerprint density at radius 3 is 2.42 bits per heavy atom. The van der Waals surface area contributed by atoms with E-state index in [4.69, 9.17) is 5.11 Å². The summed E-state index contributed by atoms with van der Waals surface area (Å²) in [5, 5.41) is 8.82. The predicted octanol–water partition coefficient (Wildman–Crippen LogP) is 2.29. The number of rotatable bonds is 7. The first kappa shape index (κ1) is 16.4. The van der Waals surface area contributed by atoms with E-state index in [0.29, 0.717) is 11.5 Å². The van der Waals surface area contributed by atoms with Gasteiger partial charge in [0.25, 0.3) is 0 Å². The Hall–Kier alpha value is -0.610. The lowest BCUT2D eigenvalue weighted by atomic mass is 9.86. The molecule has 0 aromatic heterocycles. The summed E-state index contributed by atoms with van der Waals surface area (Å²) in [7, 11) is 1.93. The Labute approximate surface area is 117 Å². The van der Waals surface area contributed by atoms with Gasteiger partial charge in [-0.15, -0.1) is 0 Å². The van der Waals surface area contributed by atoms with Gasteiger partial charge in [-0.25, -0.2) is 0 Å². The maximum atomic E-state index is 10.7. The van der Waals surface area contributed by atoms with Crippen LogP contribution < -0.4 is 0 Å². The minimum absolute atomic E-state index is 0.160. The number of hydrogen-bond acceptors (Lipinski definition) is 3. The molecular weight excluding hydrogens is 240 g/mol. The molecule has 0 atom stereocenters. The van der Waals surface area contributed by atoms with Gasteiger partial charge in [0.1, 0.15) is 0 Å². The largest absolute Gasteiger partial charge is 0.480 e. The molecule has 0 amide bonds. The van der Waals surface area contributed by atoms with E-state index in [-0.39, 0.29) is 6.54 Å². The third-order valence-corrected chi connectivity index (χ3v) is 4.63. The zero-order valence-electron chi connectivity index (χ0n) is 13.0. The van der Waals surface area contributed by atoms with E-state index in [0.717, 1.165) is 25.9 Å². The van der Waals surface area contributed by atoms with Crippen LogP contribution in [0.1, 0.15) is 46.5 Å². The second kappa shape index (κ2) is 7.25. The van der Waals surface area contributed by atoms with Crippen LogP contribution in [-0.2, 0) is 4.79 Å². The average molecular weight is 270 g/mol. The Kier molecular flexibility index (Phi) is 6.27. The maximum Gasteiger partial charge on any atom is 0.317 e. The number of likely N-dealkylation sites (N-methyl/N-ethyl adjacent to an activating group) is 1. The van der Waals surface area contributed by atoms with Gasteiger partial charge in [-0.05, 0) is 51.4 Å². The standard InChI is InChI=1S/C15H30N2O2/c1-5-15(2,3)8-11-17-9-6-13(7-10-17)16(4)12-14(18)19/h13H,5-12H2,1-4H3,(H,18,19). The summed E-state index contributed by atoms with van der Waals surface area (Å²) in [6.45, 7) is 10.5. The van der Waals surface area contributed by atoms with Crippen molar-refractivity contribution in [2.24, 2.45) is 5.41 Å². The molecule has 1 rings (SSSR count). The van der Waals surface area contributed by atoms with Crippen molar-refractivity contribution in [1.82, 2.24) is 9.80 Å². The molecule has 0 aromatic rings. The van der Waals surface area contributed by atoms with Crippen LogP contribution >= 0.6 is 0 Å². The van der Waals surface area contributed by atoms with Gasteiger partial charge in [-0.3, -0.25) is 9.69 Å². The molecule has 1 heterocycles. The number of carboxylic acids is 1. The topological polar surface area (TPSA) is 43.8 Å². The minimum atomic E-state index is -0.727. The zero-order chi connectivity index (χ0) is 14.5. The molecule has 1 aliphatic rings. The molecule has 1 N–H and O–H groups in total. The van der Waals surface area contributed by atoms with Crippen molar-refractivity contribution in [3.63, 3.8) is 0 Å². The molecule has 0 aromatic carbocycles. The van der Waals surface area contributed by atoms with Crippen molar-refractivity contribution >= 4 is 5.97 Å². The minimum Gasteiger partial charge on any atom is -0.480 e. The van der Waals surface area contributed by atoms with Gasteiger partial charge in [0.05, 0.1) is 6.54 Å². The second-order valence-electron chi connectivity index (χ2n) is 6.65. The van der Waals surface area contributed by atoms with Gasteiger partial charge in [0.2, 0.25) is 0 Å². The number of aliphatic carboxylic acids is 1. The van der Waals surface area contributed by atoms with Gasteiger partial charge in [0, 0.05) is 6.04 Å². The van der Waals surface area contributed by atoms with Gasteiger partial charge in [-0.2, -0.15) is 0 Å². The molecule has 0 aliphatic carbocycles. The average Bonchev–Trinajstić information content (AvgIpc) is 2.36. The monoisotopic (exact) mass is 270 g/mol. The van der Waals surface area contributed by atoms with Crippen molar-refractivity contribution in [3.05, 3.63) is 0 Å². The molecule has 4 nitrogen and oxygen atoms in total. The second-order valence-corrected chi connectivity index (χ2v) is 6.65. The third-order valence-electron chi connectivity index (χ3n) is 4.63. The van der Waals surface area contributed by atoms with Gasteiger partial charge >= 0.3 is 5.97 Å². The molecule has 0 unspecified atom stereocenters. The number of hydrogen-bond donors (Lipinski definition) is 1. The molecule has 112 valence electrons. The lowest BCUT2D eigenvalue weighted by Crippen LogP contribution is -2.45. The van der Waals surface area contributed by atoms with E-state index >= 15 is 0 Å². The summed E-state index contributed by atoms with van der Waals surface area (Å²) < 4.78 is 0. The number of carbonyl (C=O) groups is 1. The van der Waals surface area contributed by atoms with Crippen LogP contribution in [-0.4, -0.2) is 60.1 Å². The van der Waals surface area contributed by atoms with E-state index < -0.39 is 5.97 Å².